The van der Waals surface area contributed by atoms with Crippen LogP contribution in [0.4, 0.5) is 0 Å². The number of hydrogen-bond acceptors (Lipinski definition) is 3. The second-order valence-corrected chi connectivity index (χ2v) is 4.89. The number of H-pyrrole nitrogens is 1. The van der Waals surface area contributed by atoms with Gasteiger partial charge >= 0.3 is 0 Å². The smallest absolute Gasteiger partial charge is 0.137 e. The van der Waals surface area contributed by atoms with Gasteiger partial charge in [0, 0.05) is 23.3 Å². The molecule has 0 spiro atoms. The molecule has 0 radical (unpaired) electrons. The van der Waals surface area contributed by atoms with Crippen molar-refractivity contribution in [3.8, 4) is 11.3 Å². The summed E-state index contributed by atoms with van der Waals surface area (Å²) in [6.45, 7) is 0.717. The van der Waals surface area contributed by atoms with Crippen LogP contribution in [0.3, 0.4) is 0 Å². The van der Waals surface area contributed by atoms with Gasteiger partial charge in [-0.1, -0.05) is 35.5 Å². The van der Waals surface area contributed by atoms with Crippen molar-refractivity contribution in [2.45, 2.75) is 6.54 Å². The molecule has 0 aliphatic heterocycles. The van der Waals surface area contributed by atoms with Crippen molar-refractivity contribution in [3.05, 3.63) is 66.6 Å². The van der Waals surface area contributed by atoms with E-state index in [1.807, 2.05) is 47.4 Å². The molecule has 0 fully saturated rings. The van der Waals surface area contributed by atoms with E-state index in [2.05, 4.69) is 32.4 Å². The second kappa shape index (κ2) is 4.86. The highest BCUT2D eigenvalue weighted by molar-refractivity contribution is 5.92. The summed E-state index contributed by atoms with van der Waals surface area (Å²) in [7, 11) is 0. The maximum Gasteiger partial charge on any atom is 0.137 e. The fourth-order valence-corrected chi connectivity index (χ4v) is 2.44. The molecule has 0 saturated carbocycles. The first kappa shape index (κ1) is 11.8. The lowest BCUT2D eigenvalue weighted by Crippen LogP contribution is -1.99. The molecule has 0 unspecified atom stereocenters. The van der Waals surface area contributed by atoms with E-state index in [4.69, 9.17) is 0 Å². The zero-order valence-electron chi connectivity index (χ0n) is 11.3. The van der Waals surface area contributed by atoms with Gasteiger partial charge in [-0.05, 0) is 17.7 Å². The van der Waals surface area contributed by atoms with Crippen molar-refractivity contribution < 1.29 is 0 Å². The van der Waals surface area contributed by atoms with E-state index < -0.39 is 0 Å². The Morgan fingerprint density at radius 3 is 2.86 bits per heavy atom. The first-order valence-corrected chi connectivity index (χ1v) is 6.77. The van der Waals surface area contributed by atoms with E-state index in [0.717, 1.165) is 22.3 Å². The van der Waals surface area contributed by atoms with Gasteiger partial charge in [0.2, 0.25) is 0 Å². The fraction of sp³-hybridized carbons (Fsp3) is 0.0625. The summed E-state index contributed by atoms with van der Waals surface area (Å²) in [6, 6.07) is 14.2. The van der Waals surface area contributed by atoms with Gasteiger partial charge in [-0.15, -0.1) is 5.10 Å². The van der Waals surface area contributed by atoms with E-state index in [1.54, 1.807) is 6.20 Å². The van der Waals surface area contributed by atoms with Crippen LogP contribution in [0.5, 0.6) is 0 Å². The van der Waals surface area contributed by atoms with Crippen molar-refractivity contribution in [2.75, 3.05) is 0 Å². The van der Waals surface area contributed by atoms with Gasteiger partial charge in [0.1, 0.15) is 11.3 Å². The van der Waals surface area contributed by atoms with Gasteiger partial charge in [0.05, 0.1) is 12.7 Å². The normalized spacial score (nSPS) is 11.0. The topological polar surface area (TPSA) is 59.4 Å². The molecule has 0 atom stereocenters. The fourth-order valence-electron chi connectivity index (χ4n) is 2.44. The van der Waals surface area contributed by atoms with Gasteiger partial charge in [-0.3, -0.25) is 0 Å². The summed E-state index contributed by atoms with van der Waals surface area (Å²) in [6.07, 6.45) is 5.66. The number of fused-ring (bicyclic) bond motifs is 1. The van der Waals surface area contributed by atoms with Crippen molar-refractivity contribution in [2.24, 2.45) is 0 Å². The predicted molar refractivity (Wildman–Crippen MR) is 80.7 cm³/mol. The molecular weight excluding hydrogens is 262 g/mol. The van der Waals surface area contributed by atoms with Gasteiger partial charge in [-0.25, -0.2) is 9.67 Å². The molecule has 3 heterocycles. The highest BCUT2D eigenvalue weighted by atomic mass is 15.4. The van der Waals surface area contributed by atoms with E-state index in [1.165, 1.54) is 5.56 Å². The molecule has 0 aliphatic carbocycles. The lowest BCUT2D eigenvalue weighted by molar-refractivity contribution is 0.650. The van der Waals surface area contributed by atoms with Crippen molar-refractivity contribution in [1.82, 2.24) is 25.0 Å². The number of rotatable bonds is 3. The maximum atomic E-state index is 4.29. The molecule has 102 valence electrons. The van der Waals surface area contributed by atoms with Crippen LogP contribution in [0.25, 0.3) is 22.3 Å². The Labute approximate surface area is 121 Å². The Kier molecular flexibility index (Phi) is 2.74. The molecule has 0 amide bonds. The molecule has 0 bridgehead atoms. The van der Waals surface area contributed by atoms with Crippen LogP contribution >= 0.6 is 0 Å². The summed E-state index contributed by atoms with van der Waals surface area (Å²) in [4.78, 5) is 7.45. The number of aromatic amines is 1. The van der Waals surface area contributed by atoms with Gasteiger partial charge in [-0.2, -0.15) is 0 Å². The molecule has 4 rings (SSSR count). The zero-order valence-corrected chi connectivity index (χ0v) is 11.3. The summed E-state index contributed by atoms with van der Waals surface area (Å²) < 4.78 is 1.85. The average molecular weight is 275 g/mol. The summed E-state index contributed by atoms with van der Waals surface area (Å²) in [5.74, 6) is 0. The standard InChI is InChI=1S/C16H13N5/c1-2-5-12(6-3-1)10-21-11-15(19-20-21)14-9-18-16-13(14)7-4-8-17-16/h1-9,11H,10H2,(H,17,18). The largest absolute Gasteiger partial charge is 0.345 e. The molecule has 0 aliphatic rings. The van der Waals surface area contributed by atoms with E-state index in [0.29, 0.717) is 6.54 Å². The van der Waals surface area contributed by atoms with Gasteiger partial charge < -0.3 is 4.98 Å². The molecule has 0 saturated heterocycles. The second-order valence-electron chi connectivity index (χ2n) is 4.89. The van der Waals surface area contributed by atoms with Crippen molar-refractivity contribution >= 4 is 11.0 Å². The molecule has 5 heteroatoms. The zero-order chi connectivity index (χ0) is 14.1. The third-order valence-electron chi connectivity index (χ3n) is 3.45. The summed E-state index contributed by atoms with van der Waals surface area (Å²) in [5.41, 5.74) is 3.95. The highest BCUT2D eigenvalue weighted by Gasteiger charge is 2.10. The van der Waals surface area contributed by atoms with Crippen LogP contribution in [0.2, 0.25) is 0 Å². The molecule has 21 heavy (non-hydrogen) atoms. The quantitative estimate of drug-likeness (QED) is 0.625. The van der Waals surface area contributed by atoms with Crippen LogP contribution in [0, 0.1) is 0 Å². The summed E-state index contributed by atoms with van der Waals surface area (Å²) >= 11 is 0. The van der Waals surface area contributed by atoms with E-state index in [9.17, 15) is 0 Å². The van der Waals surface area contributed by atoms with E-state index >= 15 is 0 Å². The third kappa shape index (κ3) is 2.18. The minimum atomic E-state index is 0.717. The molecule has 1 aromatic carbocycles. The number of nitrogens with zero attached hydrogens (tertiary/aromatic N) is 4. The Bertz CT molecular complexity index is 876. The number of hydrogen-bond donors (Lipinski definition) is 1. The Morgan fingerprint density at radius 2 is 1.95 bits per heavy atom. The van der Waals surface area contributed by atoms with Crippen LogP contribution in [0.1, 0.15) is 5.56 Å². The number of aromatic nitrogens is 5. The van der Waals surface area contributed by atoms with Crippen LogP contribution in [-0.4, -0.2) is 25.0 Å². The van der Waals surface area contributed by atoms with Crippen molar-refractivity contribution in [1.29, 1.82) is 0 Å². The monoisotopic (exact) mass is 275 g/mol. The number of pyridine rings is 1. The molecule has 1 N–H and O–H groups in total. The third-order valence-corrected chi connectivity index (χ3v) is 3.45. The number of nitrogens with one attached hydrogen (secondary N) is 1. The number of benzene rings is 1. The average Bonchev–Trinajstić information content (AvgIpc) is 3.14. The Hall–Kier alpha value is -2.95. The van der Waals surface area contributed by atoms with Crippen molar-refractivity contribution in [3.63, 3.8) is 0 Å². The van der Waals surface area contributed by atoms with Crippen LogP contribution in [-0.2, 0) is 6.54 Å². The van der Waals surface area contributed by atoms with Gasteiger partial charge in [0.25, 0.3) is 0 Å². The molecule has 5 nitrogen and oxygen atoms in total. The maximum absolute atomic E-state index is 4.29. The minimum Gasteiger partial charge on any atom is -0.345 e. The molecular formula is C16H13N5. The minimum absolute atomic E-state index is 0.717. The highest BCUT2D eigenvalue weighted by Crippen LogP contribution is 2.25. The molecule has 4 aromatic rings. The Balaban J connectivity index is 1.68. The SMILES string of the molecule is c1ccc(Cn2cc(-c3c[nH]c4ncccc34)nn2)cc1. The lowest BCUT2D eigenvalue weighted by atomic mass is 10.2. The van der Waals surface area contributed by atoms with E-state index in [-0.39, 0.29) is 0 Å². The van der Waals surface area contributed by atoms with Crippen LogP contribution < -0.4 is 0 Å². The first-order valence-electron chi connectivity index (χ1n) is 6.77. The first-order chi connectivity index (χ1) is 10.4. The Morgan fingerprint density at radius 1 is 1.05 bits per heavy atom. The van der Waals surface area contributed by atoms with Gasteiger partial charge in [0.15, 0.2) is 0 Å². The van der Waals surface area contributed by atoms with Crippen LogP contribution in [0.15, 0.2) is 61.1 Å². The predicted octanol–water partition coefficient (Wildman–Crippen LogP) is 2.87. The summed E-state index contributed by atoms with van der Waals surface area (Å²) in [5, 5.41) is 9.54. The molecule has 3 aromatic heterocycles. The lowest BCUT2D eigenvalue weighted by Gasteiger charge is -1.99.